The van der Waals surface area contributed by atoms with Crippen molar-refractivity contribution in [3.8, 4) is 23.0 Å². The Bertz CT molecular complexity index is 1590. The Kier molecular flexibility index (Phi) is 8.12. The lowest BCUT2D eigenvalue weighted by Crippen LogP contribution is -2.11. The molecule has 5 heteroatoms. The molecule has 0 bridgehead atoms. The number of hydrogen-bond donors (Lipinski definition) is 2. The van der Waals surface area contributed by atoms with Gasteiger partial charge in [0, 0.05) is 37.1 Å². The summed E-state index contributed by atoms with van der Waals surface area (Å²) in [5.41, 5.74) is 22.5. The summed E-state index contributed by atoms with van der Waals surface area (Å²) in [7, 11) is 4.13. The standard InChI is InChI=1S/C37H39N3O2/c1-23-21-35(41-31-15-9-28(38)10-16-31)25(3)19-33(23)37(27-7-13-30(14-8-27)40(5)6)34-20-26(4)36(22-24(34)2)42-32-17-11-29(39)12-18-32/h7-22,37H,38-39H2,1-6H3. The second-order valence-corrected chi connectivity index (χ2v) is 11.2. The predicted octanol–water partition coefficient (Wildman–Crippen LogP) is 8.92. The van der Waals surface area contributed by atoms with Gasteiger partial charge >= 0.3 is 0 Å². The van der Waals surface area contributed by atoms with Gasteiger partial charge in [0.1, 0.15) is 23.0 Å². The summed E-state index contributed by atoms with van der Waals surface area (Å²) in [4.78, 5) is 2.12. The van der Waals surface area contributed by atoms with Crippen molar-refractivity contribution in [1.29, 1.82) is 0 Å². The topological polar surface area (TPSA) is 73.7 Å². The highest BCUT2D eigenvalue weighted by Crippen LogP contribution is 2.41. The van der Waals surface area contributed by atoms with Crippen LogP contribution in [0.3, 0.4) is 0 Å². The van der Waals surface area contributed by atoms with Gasteiger partial charge in [-0.3, -0.25) is 0 Å². The SMILES string of the molecule is Cc1cc(C(c2ccc(N(C)C)cc2)c2cc(C)c(Oc3ccc(N)cc3)cc2C)c(C)cc1Oc1ccc(N)cc1. The minimum atomic E-state index is 0.0229. The second kappa shape index (κ2) is 11.9. The highest BCUT2D eigenvalue weighted by Gasteiger charge is 2.23. The summed E-state index contributed by atoms with van der Waals surface area (Å²) in [6.45, 7) is 8.52. The van der Waals surface area contributed by atoms with E-state index in [1.165, 1.54) is 16.7 Å². The van der Waals surface area contributed by atoms with Gasteiger partial charge in [-0.1, -0.05) is 24.3 Å². The number of benzene rings is 5. The molecule has 214 valence electrons. The molecule has 0 heterocycles. The molecule has 5 aromatic carbocycles. The summed E-state index contributed by atoms with van der Waals surface area (Å²) in [5, 5.41) is 0. The fourth-order valence-corrected chi connectivity index (χ4v) is 5.28. The van der Waals surface area contributed by atoms with Gasteiger partial charge in [0.2, 0.25) is 0 Å². The molecule has 0 aliphatic carbocycles. The number of nitrogens with zero attached hydrogens (tertiary/aromatic N) is 1. The summed E-state index contributed by atoms with van der Waals surface area (Å²) in [6, 6.07) is 32.6. The minimum Gasteiger partial charge on any atom is -0.457 e. The predicted molar refractivity (Wildman–Crippen MR) is 175 cm³/mol. The van der Waals surface area contributed by atoms with E-state index in [0.29, 0.717) is 11.4 Å². The number of rotatable bonds is 8. The van der Waals surface area contributed by atoms with Gasteiger partial charge in [0.15, 0.2) is 0 Å². The molecule has 0 aliphatic heterocycles. The third-order valence-corrected chi connectivity index (χ3v) is 7.71. The first kappa shape index (κ1) is 28.6. The van der Waals surface area contributed by atoms with Gasteiger partial charge < -0.3 is 25.8 Å². The van der Waals surface area contributed by atoms with Crippen molar-refractivity contribution in [2.45, 2.75) is 33.6 Å². The average molecular weight is 558 g/mol. The van der Waals surface area contributed by atoms with Gasteiger partial charge in [0.05, 0.1) is 0 Å². The van der Waals surface area contributed by atoms with E-state index in [-0.39, 0.29) is 5.92 Å². The maximum Gasteiger partial charge on any atom is 0.130 e. The molecule has 0 aliphatic rings. The molecule has 5 rings (SSSR count). The van der Waals surface area contributed by atoms with Crippen LogP contribution in [0.4, 0.5) is 17.1 Å². The van der Waals surface area contributed by atoms with Crippen molar-refractivity contribution in [2.75, 3.05) is 30.5 Å². The zero-order valence-electron chi connectivity index (χ0n) is 25.2. The minimum absolute atomic E-state index is 0.0229. The number of nitrogens with two attached hydrogens (primary N) is 2. The molecule has 0 aromatic heterocycles. The lowest BCUT2D eigenvalue weighted by Gasteiger charge is -2.26. The van der Waals surface area contributed by atoms with Crippen molar-refractivity contribution in [3.05, 3.63) is 136 Å². The maximum absolute atomic E-state index is 6.27. The normalized spacial score (nSPS) is 11.0. The van der Waals surface area contributed by atoms with Gasteiger partial charge in [-0.15, -0.1) is 0 Å². The molecule has 0 fully saturated rings. The molecule has 4 N–H and O–H groups in total. The van der Waals surface area contributed by atoms with Crippen molar-refractivity contribution in [3.63, 3.8) is 0 Å². The molecular formula is C37H39N3O2. The van der Waals surface area contributed by atoms with Crippen molar-refractivity contribution in [2.24, 2.45) is 0 Å². The van der Waals surface area contributed by atoms with Crippen LogP contribution in [0.5, 0.6) is 23.0 Å². The summed E-state index contributed by atoms with van der Waals surface area (Å²) in [6.07, 6.45) is 0. The van der Waals surface area contributed by atoms with Crippen molar-refractivity contribution < 1.29 is 9.47 Å². The Balaban J connectivity index is 1.58. The fourth-order valence-electron chi connectivity index (χ4n) is 5.28. The molecule has 0 atom stereocenters. The van der Waals surface area contributed by atoms with Gasteiger partial charge in [0.25, 0.3) is 0 Å². The first-order valence-electron chi connectivity index (χ1n) is 14.2. The quantitative estimate of drug-likeness (QED) is 0.147. The van der Waals surface area contributed by atoms with Crippen molar-refractivity contribution in [1.82, 2.24) is 0 Å². The van der Waals surface area contributed by atoms with Crippen LogP contribution in [-0.4, -0.2) is 14.1 Å². The number of nitrogen functional groups attached to an aromatic ring is 2. The van der Waals surface area contributed by atoms with Crippen LogP contribution < -0.4 is 25.8 Å². The molecule has 0 saturated carbocycles. The largest absolute Gasteiger partial charge is 0.457 e. The number of aryl methyl sites for hydroxylation is 4. The first-order valence-corrected chi connectivity index (χ1v) is 14.2. The van der Waals surface area contributed by atoms with E-state index in [2.05, 4.69) is 95.2 Å². The van der Waals surface area contributed by atoms with Crippen LogP contribution in [0.2, 0.25) is 0 Å². The van der Waals surface area contributed by atoms with E-state index < -0.39 is 0 Å². The third-order valence-electron chi connectivity index (χ3n) is 7.71. The van der Waals surface area contributed by atoms with Crippen molar-refractivity contribution >= 4 is 17.1 Å². The zero-order chi connectivity index (χ0) is 30.0. The van der Waals surface area contributed by atoms with E-state index >= 15 is 0 Å². The lowest BCUT2D eigenvalue weighted by atomic mass is 9.80. The molecule has 42 heavy (non-hydrogen) atoms. The average Bonchev–Trinajstić information content (AvgIpc) is 2.96. The van der Waals surface area contributed by atoms with Crippen LogP contribution in [0, 0.1) is 27.7 Å². The molecule has 0 unspecified atom stereocenters. The lowest BCUT2D eigenvalue weighted by molar-refractivity contribution is 0.478. The Morgan fingerprint density at radius 2 is 0.929 bits per heavy atom. The van der Waals surface area contributed by atoms with E-state index in [4.69, 9.17) is 20.9 Å². The van der Waals surface area contributed by atoms with Crippen LogP contribution in [0.1, 0.15) is 44.9 Å². The third kappa shape index (κ3) is 6.21. The van der Waals surface area contributed by atoms with E-state index in [1.54, 1.807) is 0 Å². The molecular weight excluding hydrogens is 518 g/mol. The second-order valence-electron chi connectivity index (χ2n) is 11.2. The summed E-state index contributed by atoms with van der Waals surface area (Å²) >= 11 is 0. The van der Waals surface area contributed by atoms with E-state index in [0.717, 1.165) is 50.9 Å². The molecule has 0 radical (unpaired) electrons. The van der Waals surface area contributed by atoms with Crippen LogP contribution in [0.25, 0.3) is 0 Å². The van der Waals surface area contributed by atoms with Crippen LogP contribution in [0.15, 0.2) is 97.1 Å². The van der Waals surface area contributed by atoms with Gasteiger partial charge in [-0.2, -0.15) is 0 Å². The number of hydrogen-bond acceptors (Lipinski definition) is 5. The molecule has 5 nitrogen and oxygen atoms in total. The van der Waals surface area contributed by atoms with E-state index in [1.807, 2.05) is 48.5 Å². The molecule has 5 aromatic rings. The van der Waals surface area contributed by atoms with Crippen LogP contribution in [-0.2, 0) is 0 Å². The highest BCUT2D eigenvalue weighted by molar-refractivity contribution is 5.58. The summed E-state index contributed by atoms with van der Waals surface area (Å²) in [5.74, 6) is 3.22. The number of anilines is 3. The van der Waals surface area contributed by atoms with Gasteiger partial charge in [-0.05, 0) is 139 Å². The van der Waals surface area contributed by atoms with Gasteiger partial charge in [-0.25, -0.2) is 0 Å². The van der Waals surface area contributed by atoms with E-state index in [9.17, 15) is 0 Å². The smallest absolute Gasteiger partial charge is 0.130 e. The molecule has 0 spiro atoms. The fraction of sp³-hybridized carbons (Fsp3) is 0.189. The summed E-state index contributed by atoms with van der Waals surface area (Å²) < 4.78 is 12.5. The monoisotopic (exact) mass is 557 g/mol. The first-order chi connectivity index (χ1) is 20.1. The molecule has 0 saturated heterocycles. The molecule has 0 amide bonds. The highest BCUT2D eigenvalue weighted by atomic mass is 16.5. The van der Waals surface area contributed by atoms with Crippen LogP contribution >= 0.6 is 0 Å². The Hall–Kier alpha value is -4.90. The Labute approximate surface area is 249 Å². The number of ether oxygens (including phenoxy) is 2. The Morgan fingerprint density at radius 3 is 1.31 bits per heavy atom. The zero-order valence-corrected chi connectivity index (χ0v) is 25.2. The Morgan fingerprint density at radius 1 is 0.524 bits per heavy atom. The maximum atomic E-state index is 6.27.